The van der Waals surface area contributed by atoms with Gasteiger partial charge >= 0.3 is 0 Å². The summed E-state index contributed by atoms with van der Waals surface area (Å²) in [6.07, 6.45) is 0.732. The monoisotopic (exact) mass is 561 g/mol. The molecule has 0 aromatic heterocycles. The molecule has 0 aliphatic rings. The lowest BCUT2D eigenvalue weighted by molar-refractivity contribution is -0.139. The van der Waals surface area contributed by atoms with Gasteiger partial charge in [-0.1, -0.05) is 72.6 Å². The molecule has 0 spiro atoms. The fraction of sp³-hybridized carbons (Fsp3) is 0.259. The first-order valence-electron chi connectivity index (χ1n) is 11.8. The molecule has 7 nitrogen and oxygen atoms in total. The molecule has 3 rings (SSSR count). The van der Waals surface area contributed by atoms with Gasteiger partial charge in [-0.2, -0.15) is 0 Å². The standard InChI is InChI=1S/C27H29Cl2N3O4S/c1-3-16-30-27(34)20(2)31(18-21-10-9-11-22(28)17-21)26(33)19-32(25-15-8-7-14-24(25)29)37(35,36)23-12-5-4-6-13-23/h4-15,17,20H,3,16,18-19H2,1-2H3,(H,30,34)/t20-/m1/s1. The number of nitrogens with zero attached hydrogens (tertiary/aromatic N) is 2. The Labute approximate surface area is 228 Å². The van der Waals surface area contributed by atoms with Crippen molar-refractivity contribution in [2.24, 2.45) is 0 Å². The fourth-order valence-corrected chi connectivity index (χ4v) is 5.65. The molecule has 0 saturated heterocycles. The summed E-state index contributed by atoms with van der Waals surface area (Å²) in [5.74, 6) is -0.911. The summed E-state index contributed by atoms with van der Waals surface area (Å²) in [6, 6.07) is 20.3. The number of carbonyl (C=O) groups is 2. The van der Waals surface area contributed by atoms with E-state index in [4.69, 9.17) is 23.2 Å². The van der Waals surface area contributed by atoms with Crippen LogP contribution in [0.4, 0.5) is 5.69 Å². The van der Waals surface area contributed by atoms with Gasteiger partial charge in [0.1, 0.15) is 12.6 Å². The van der Waals surface area contributed by atoms with Crippen LogP contribution in [-0.2, 0) is 26.2 Å². The number of rotatable bonds is 11. The van der Waals surface area contributed by atoms with E-state index in [0.29, 0.717) is 17.1 Å². The molecule has 0 radical (unpaired) electrons. The molecule has 1 atom stereocenters. The summed E-state index contributed by atoms with van der Waals surface area (Å²) in [5.41, 5.74) is 0.860. The van der Waals surface area contributed by atoms with Gasteiger partial charge in [-0.15, -0.1) is 0 Å². The zero-order valence-electron chi connectivity index (χ0n) is 20.6. The van der Waals surface area contributed by atoms with Crippen LogP contribution in [0.1, 0.15) is 25.8 Å². The lowest BCUT2D eigenvalue weighted by Gasteiger charge is -2.32. The maximum absolute atomic E-state index is 13.8. The number of nitrogens with one attached hydrogen (secondary N) is 1. The van der Waals surface area contributed by atoms with Gasteiger partial charge in [0, 0.05) is 18.1 Å². The van der Waals surface area contributed by atoms with Crippen molar-refractivity contribution in [3.63, 3.8) is 0 Å². The molecule has 0 heterocycles. The normalized spacial score (nSPS) is 12.0. The maximum atomic E-state index is 13.8. The van der Waals surface area contributed by atoms with Crippen LogP contribution in [-0.4, -0.2) is 44.3 Å². The summed E-state index contributed by atoms with van der Waals surface area (Å²) < 4.78 is 28.4. The lowest BCUT2D eigenvalue weighted by Crippen LogP contribution is -2.51. The zero-order chi connectivity index (χ0) is 27.0. The van der Waals surface area contributed by atoms with Crippen LogP contribution in [0, 0.1) is 0 Å². The average molecular weight is 563 g/mol. The Hall–Kier alpha value is -3.07. The third-order valence-electron chi connectivity index (χ3n) is 5.69. The molecule has 0 aliphatic carbocycles. The van der Waals surface area contributed by atoms with Crippen LogP contribution in [0.3, 0.4) is 0 Å². The number of benzene rings is 3. The summed E-state index contributed by atoms with van der Waals surface area (Å²) in [6.45, 7) is 3.49. The Morgan fingerprint density at radius 1 is 0.946 bits per heavy atom. The highest BCUT2D eigenvalue weighted by Crippen LogP contribution is 2.30. The van der Waals surface area contributed by atoms with Crippen LogP contribution in [0.2, 0.25) is 10.0 Å². The van der Waals surface area contributed by atoms with Crippen molar-refractivity contribution in [3.05, 3.63) is 94.5 Å². The molecule has 0 fully saturated rings. The minimum atomic E-state index is -4.17. The van der Waals surface area contributed by atoms with Gasteiger partial charge in [0.2, 0.25) is 11.8 Å². The van der Waals surface area contributed by atoms with E-state index < -0.39 is 28.5 Å². The Morgan fingerprint density at radius 3 is 2.27 bits per heavy atom. The first-order chi connectivity index (χ1) is 17.6. The highest BCUT2D eigenvalue weighted by atomic mass is 35.5. The zero-order valence-corrected chi connectivity index (χ0v) is 22.9. The quantitative estimate of drug-likeness (QED) is 0.351. The number of para-hydroxylation sites is 1. The second kappa shape index (κ2) is 12.9. The van der Waals surface area contributed by atoms with Gasteiger partial charge < -0.3 is 10.2 Å². The molecule has 3 aromatic carbocycles. The van der Waals surface area contributed by atoms with E-state index in [1.165, 1.54) is 23.1 Å². The van der Waals surface area contributed by atoms with Gasteiger partial charge in [-0.25, -0.2) is 8.42 Å². The number of anilines is 1. The Balaban J connectivity index is 2.02. The summed E-state index contributed by atoms with van der Waals surface area (Å²) >= 11 is 12.5. The largest absolute Gasteiger partial charge is 0.354 e. The molecule has 2 amide bonds. The molecular formula is C27H29Cl2N3O4S. The highest BCUT2D eigenvalue weighted by Gasteiger charge is 2.33. The van der Waals surface area contributed by atoms with Crippen LogP contribution < -0.4 is 9.62 Å². The Bertz CT molecular complexity index is 1340. The van der Waals surface area contributed by atoms with Crippen molar-refractivity contribution in [1.82, 2.24) is 10.2 Å². The number of carbonyl (C=O) groups excluding carboxylic acids is 2. The number of sulfonamides is 1. The van der Waals surface area contributed by atoms with Crippen molar-refractivity contribution < 1.29 is 18.0 Å². The van der Waals surface area contributed by atoms with E-state index in [1.807, 2.05) is 6.92 Å². The Kier molecular flexibility index (Phi) is 9.97. The molecule has 0 unspecified atom stereocenters. The molecule has 1 N–H and O–H groups in total. The first kappa shape index (κ1) is 28.5. The molecule has 196 valence electrons. The third-order valence-corrected chi connectivity index (χ3v) is 8.02. The number of amides is 2. The Morgan fingerprint density at radius 2 is 1.62 bits per heavy atom. The molecule has 0 bridgehead atoms. The number of hydrogen-bond acceptors (Lipinski definition) is 4. The van der Waals surface area contributed by atoms with Crippen molar-refractivity contribution in [3.8, 4) is 0 Å². The average Bonchev–Trinajstić information content (AvgIpc) is 2.89. The van der Waals surface area contributed by atoms with Gasteiger partial charge in [0.05, 0.1) is 15.6 Å². The molecule has 10 heteroatoms. The highest BCUT2D eigenvalue weighted by molar-refractivity contribution is 7.92. The van der Waals surface area contributed by atoms with Gasteiger partial charge in [-0.3, -0.25) is 13.9 Å². The van der Waals surface area contributed by atoms with Gasteiger partial charge in [0.25, 0.3) is 10.0 Å². The van der Waals surface area contributed by atoms with Crippen LogP contribution in [0.25, 0.3) is 0 Å². The van der Waals surface area contributed by atoms with Crippen LogP contribution in [0.5, 0.6) is 0 Å². The minimum Gasteiger partial charge on any atom is -0.354 e. The van der Waals surface area contributed by atoms with E-state index in [1.54, 1.807) is 67.6 Å². The fourth-order valence-electron chi connectivity index (χ4n) is 3.70. The van der Waals surface area contributed by atoms with E-state index in [0.717, 1.165) is 10.7 Å². The van der Waals surface area contributed by atoms with Crippen molar-refractivity contribution in [2.45, 2.75) is 37.8 Å². The minimum absolute atomic E-state index is 0.0119. The smallest absolute Gasteiger partial charge is 0.264 e. The lowest BCUT2D eigenvalue weighted by atomic mass is 10.1. The second-order valence-corrected chi connectivity index (χ2v) is 11.1. The number of hydrogen-bond donors (Lipinski definition) is 1. The summed E-state index contributed by atoms with van der Waals surface area (Å²) in [5, 5.41) is 3.46. The molecular weight excluding hydrogens is 533 g/mol. The van der Waals surface area contributed by atoms with Crippen LogP contribution in [0.15, 0.2) is 83.8 Å². The van der Waals surface area contributed by atoms with E-state index >= 15 is 0 Å². The molecule has 0 saturated carbocycles. The molecule has 37 heavy (non-hydrogen) atoms. The van der Waals surface area contributed by atoms with Crippen molar-refractivity contribution in [2.75, 3.05) is 17.4 Å². The molecule has 3 aromatic rings. The predicted molar refractivity (Wildman–Crippen MR) is 147 cm³/mol. The van der Waals surface area contributed by atoms with Crippen molar-refractivity contribution in [1.29, 1.82) is 0 Å². The summed E-state index contributed by atoms with van der Waals surface area (Å²) in [4.78, 5) is 28.0. The SMILES string of the molecule is CCCNC(=O)[C@@H](C)N(Cc1cccc(Cl)c1)C(=O)CN(c1ccccc1Cl)S(=O)(=O)c1ccccc1. The third kappa shape index (κ3) is 7.25. The van der Waals surface area contributed by atoms with E-state index in [-0.39, 0.29) is 28.1 Å². The topological polar surface area (TPSA) is 86.8 Å². The molecule has 0 aliphatic heterocycles. The second-order valence-electron chi connectivity index (χ2n) is 8.39. The van der Waals surface area contributed by atoms with Gasteiger partial charge in [0.15, 0.2) is 0 Å². The van der Waals surface area contributed by atoms with Crippen molar-refractivity contribution >= 4 is 50.7 Å². The van der Waals surface area contributed by atoms with Gasteiger partial charge in [-0.05, 0) is 55.3 Å². The first-order valence-corrected chi connectivity index (χ1v) is 14.0. The van der Waals surface area contributed by atoms with E-state index in [9.17, 15) is 18.0 Å². The predicted octanol–water partition coefficient (Wildman–Crippen LogP) is 5.13. The van der Waals surface area contributed by atoms with E-state index in [2.05, 4.69) is 5.32 Å². The summed E-state index contributed by atoms with van der Waals surface area (Å²) in [7, 11) is -4.17. The maximum Gasteiger partial charge on any atom is 0.264 e. The van der Waals surface area contributed by atoms with Crippen LogP contribution >= 0.6 is 23.2 Å². The number of halogens is 2.